The molecule has 1 saturated carbocycles. The van der Waals surface area contributed by atoms with Gasteiger partial charge in [0.05, 0.1) is 0 Å². The van der Waals surface area contributed by atoms with Crippen LogP contribution >= 0.6 is 12.8 Å². The highest BCUT2D eigenvalue weighted by Gasteiger charge is 2.21. The van der Waals surface area contributed by atoms with Gasteiger partial charge in [0, 0.05) is 12.1 Å². The van der Waals surface area contributed by atoms with Crippen molar-refractivity contribution >= 4 is 12.8 Å². The van der Waals surface area contributed by atoms with E-state index in [4.69, 9.17) is 0 Å². The summed E-state index contributed by atoms with van der Waals surface area (Å²) in [6.45, 7) is 4.40. The Balaban J connectivity index is 2.32. The minimum atomic E-state index is 0.589. The van der Waals surface area contributed by atoms with Crippen LogP contribution in [-0.4, -0.2) is 16.4 Å². The van der Waals surface area contributed by atoms with Crippen LogP contribution in [0.1, 0.15) is 39.5 Å². The SMILES string of the molecule is CC(C)N(S)C1CCCC1. The van der Waals surface area contributed by atoms with E-state index in [-0.39, 0.29) is 0 Å². The summed E-state index contributed by atoms with van der Waals surface area (Å²) in [5, 5.41) is 0. The fourth-order valence-electron chi connectivity index (χ4n) is 1.59. The second-order valence-corrected chi connectivity index (χ2v) is 3.87. The molecule has 0 spiro atoms. The lowest BCUT2D eigenvalue weighted by molar-refractivity contribution is 0.308. The van der Waals surface area contributed by atoms with Gasteiger partial charge in [-0.3, -0.25) is 0 Å². The van der Waals surface area contributed by atoms with E-state index < -0.39 is 0 Å². The molecule has 0 atom stereocenters. The molecule has 0 N–H and O–H groups in total. The lowest BCUT2D eigenvalue weighted by atomic mass is 10.2. The van der Waals surface area contributed by atoms with Gasteiger partial charge in [0.2, 0.25) is 0 Å². The van der Waals surface area contributed by atoms with Crippen molar-refractivity contribution in [3.63, 3.8) is 0 Å². The third-order valence-electron chi connectivity index (χ3n) is 2.23. The van der Waals surface area contributed by atoms with Crippen LogP contribution in [0.25, 0.3) is 0 Å². The molecule has 60 valence electrons. The van der Waals surface area contributed by atoms with Crippen molar-refractivity contribution in [2.24, 2.45) is 0 Å². The average molecular weight is 159 g/mol. The zero-order chi connectivity index (χ0) is 7.56. The summed E-state index contributed by atoms with van der Waals surface area (Å²) in [4.78, 5) is 0. The van der Waals surface area contributed by atoms with Gasteiger partial charge in [-0.15, -0.1) is 0 Å². The maximum Gasteiger partial charge on any atom is 0.0203 e. The summed E-state index contributed by atoms with van der Waals surface area (Å²) in [5.74, 6) is 0. The molecule has 1 aliphatic carbocycles. The van der Waals surface area contributed by atoms with Gasteiger partial charge in [-0.25, -0.2) is 4.31 Å². The van der Waals surface area contributed by atoms with Gasteiger partial charge in [-0.2, -0.15) is 0 Å². The fourth-order valence-corrected chi connectivity index (χ4v) is 1.82. The predicted molar refractivity (Wildman–Crippen MR) is 48.2 cm³/mol. The van der Waals surface area contributed by atoms with Gasteiger partial charge in [0.15, 0.2) is 0 Å². The van der Waals surface area contributed by atoms with E-state index in [9.17, 15) is 0 Å². The molecule has 0 aliphatic heterocycles. The molecule has 0 aromatic carbocycles. The molecule has 0 radical (unpaired) electrons. The lowest BCUT2D eigenvalue weighted by Gasteiger charge is -2.26. The summed E-state index contributed by atoms with van der Waals surface area (Å²) >= 11 is 4.45. The van der Waals surface area contributed by atoms with Gasteiger partial charge in [-0.1, -0.05) is 25.7 Å². The number of thiol groups is 1. The summed E-state index contributed by atoms with van der Waals surface area (Å²) in [7, 11) is 0. The third-order valence-corrected chi connectivity index (χ3v) is 3.02. The quantitative estimate of drug-likeness (QED) is 0.606. The maximum atomic E-state index is 4.45. The third kappa shape index (κ3) is 1.89. The predicted octanol–water partition coefficient (Wildman–Crippen LogP) is 2.48. The molecule has 1 aliphatic rings. The molecule has 2 heteroatoms. The van der Waals surface area contributed by atoms with Crippen LogP contribution in [0, 0.1) is 0 Å². The van der Waals surface area contributed by atoms with E-state index in [0.29, 0.717) is 6.04 Å². The van der Waals surface area contributed by atoms with Gasteiger partial charge in [0.1, 0.15) is 0 Å². The zero-order valence-electron chi connectivity index (χ0n) is 6.88. The molecule has 1 rings (SSSR count). The normalized spacial score (nSPS) is 21.3. The van der Waals surface area contributed by atoms with Crippen LogP contribution in [0.4, 0.5) is 0 Å². The van der Waals surface area contributed by atoms with Gasteiger partial charge in [-0.05, 0) is 26.7 Å². The maximum absolute atomic E-state index is 4.45. The van der Waals surface area contributed by atoms with E-state index in [1.807, 2.05) is 0 Å². The second kappa shape index (κ2) is 3.63. The summed E-state index contributed by atoms with van der Waals surface area (Å²) in [6, 6.07) is 1.34. The first-order valence-corrected chi connectivity index (χ1v) is 4.59. The second-order valence-electron chi connectivity index (χ2n) is 3.41. The molecule has 0 amide bonds. The Morgan fingerprint density at radius 1 is 1.30 bits per heavy atom. The molecule has 10 heavy (non-hydrogen) atoms. The molecule has 0 bridgehead atoms. The lowest BCUT2D eigenvalue weighted by Crippen LogP contribution is -2.30. The highest BCUT2D eigenvalue weighted by Crippen LogP contribution is 2.25. The molecule has 1 nitrogen and oxygen atoms in total. The zero-order valence-corrected chi connectivity index (χ0v) is 7.77. The van der Waals surface area contributed by atoms with E-state index in [1.54, 1.807) is 0 Å². The van der Waals surface area contributed by atoms with Crippen molar-refractivity contribution in [2.75, 3.05) is 0 Å². The van der Waals surface area contributed by atoms with E-state index in [0.717, 1.165) is 6.04 Å². The summed E-state index contributed by atoms with van der Waals surface area (Å²) in [5.41, 5.74) is 0. The van der Waals surface area contributed by atoms with Crippen molar-refractivity contribution in [1.82, 2.24) is 4.31 Å². The average Bonchev–Trinajstić information content (AvgIpc) is 2.36. The number of nitrogens with zero attached hydrogens (tertiary/aromatic N) is 1. The van der Waals surface area contributed by atoms with E-state index >= 15 is 0 Å². The molecule has 0 saturated heterocycles. The minimum absolute atomic E-state index is 0.589. The van der Waals surface area contributed by atoms with Crippen molar-refractivity contribution in [1.29, 1.82) is 0 Å². The Kier molecular flexibility index (Phi) is 3.05. The molecule has 0 aromatic rings. The van der Waals surface area contributed by atoms with Crippen LogP contribution in [0.15, 0.2) is 0 Å². The van der Waals surface area contributed by atoms with Crippen LogP contribution < -0.4 is 0 Å². The number of hydrogen-bond donors (Lipinski definition) is 1. The molecule has 1 fully saturated rings. The van der Waals surface area contributed by atoms with Gasteiger partial charge >= 0.3 is 0 Å². The first-order chi connectivity index (χ1) is 4.72. The summed E-state index contributed by atoms with van der Waals surface area (Å²) < 4.78 is 2.20. The number of hydrogen-bond acceptors (Lipinski definition) is 2. The monoisotopic (exact) mass is 159 g/mol. The number of rotatable bonds is 2. The van der Waals surface area contributed by atoms with Gasteiger partial charge in [0.25, 0.3) is 0 Å². The van der Waals surface area contributed by atoms with Crippen LogP contribution in [0.2, 0.25) is 0 Å². The molecule has 0 heterocycles. The largest absolute Gasteiger partial charge is 0.248 e. The van der Waals surface area contributed by atoms with Crippen molar-refractivity contribution < 1.29 is 0 Å². The van der Waals surface area contributed by atoms with Crippen LogP contribution in [0.3, 0.4) is 0 Å². The van der Waals surface area contributed by atoms with Crippen molar-refractivity contribution in [3.8, 4) is 0 Å². The van der Waals surface area contributed by atoms with Crippen molar-refractivity contribution in [2.45, 2.75) is 51.6 Å². The topological polar surface area (TPSA) is 3.24 Å². The van der Waals surface area contributed by atoms with E-state index in [1.165, 1.54) is 25.7 Å². The molecule has 0 unspecified atom stereocenters. The van der Waals surface area contributed by atoms with Crippen molar-refractivity contribution in [3.05, 3.63) is 0 Å². The summed E-state index contributed by atoms with van der Waals surface area (Å²) in [6.07, 6.45) is 5.49. The standard InChI is InChI=1S/C8H17NS/c1-7(2)9(10)8-5-3-4-6-8/h7-8,10H,3-6H2,1-2H3. The first kappa shape index (κ1) is 8.41. The Morgan fingerprint density at radius 3 is 2.20 bits per heavy atom. The fraction of sp³-hybridized carbons (Fsp3) is 1.00. The van der Waals surface area contributed by atoms with Gasteiger partial charge < -0.3 is 0 Å². The molecule has 0 aromatic heterocycles. The van der Waals surface area contributed by atoms with Crippen LogP contribution in [-0.2, 0) is 0 Å². The Bertz CT molecular complexity index is 97.4. The molecular weight excluding hydrogens is 142 g/mol. The highest BCUT2D eigenvalue weighted by atomic mass is 32.1. The minimum Gasteiger partial charge on any atom is -0.248 e. The molecular formula is C8H17NS. The Labute approximate surface area is 69.3 Å². The van der Waals surface area contributed by atoms with E-state index in [2.05, 4.69) is 31.0 Å². The van der Waals surface area contributed by atoms with Crippen LogP contribution in [0.5, 0.6) is 0 Å². The first-order valence-electron chi connectivity index (χ1n) is 4.19. The Hall–Kier alpha value is 0.310. The Morgan fingerprint density at radius 2 is 1.80 bits per heavy atom. The highest BCUT2D eigenvalue weighted by molar-refractivity contribution is 7.77. The smallest absolute Gasteiger partial charge is 0.0203 e.